The molecule has 5 rings (SSSR count). The van der Waals surface area contributed by atoms with E-state index in [1.165, 1.54) is 18.5 Å². The summed E-state index contributed by atoms with van der Waals surface area (Å²) in [6.07, 6.45) is 4.61. The van der Waals surface area contributed by atoms with E-state index in [1.54, 1.807) is 43.3 Å². The van der Waals surface area contributed by atoms with Crippen molar-refractivity contribution in [3.05, 3.63) is 87.4 Å². The number of aromatic nitrogens is 1. The predicted octanol–water partition coefficient (Wildman–Crippen LogP) is 4.75. The Kier molecular flexibility index (Phi) is 5.13. The van der Waals surface area contributed by atoms with E-state index in [0.717, 1.165) is 5.56 Å². The summed E-state index contributed by atoms with van der Waals surface area (Å²) >= 11 is 6.22. The molecule has 0 radical (unpaired) electrons. The molecule has 32 heavy (non-hydrogen) atoms. The molecule has 0 saturated carbocycles. The Morgan fingerprint density at radius 3 is 2.81 bits per heavy atom. The number of Topliss-reactive ketones (excluding diaryl/α,β-unsaturated/α-hetero) is 1. The van der Waals surface area contributed by atoms with Crippen molar-refractivity contribution in [2.24, 2.45) is 0 Å². The molecular formula is C24H16ClNO6. The van der Waals surface area contributed by atoms with Crippen molar-refractivity contribution in [2.75, 3.05) is 6.79 Å². The maximum absolute atomic E-state index is 13.0. The number of carbonyl (C=O) groups excluding carboxylic acids is 2. The highest BCUT2D eigenvalue weighted by Crippen LogP contribution is 2.39. The molecule has 0 N–H and O–H groups in total. The standard InChI is InChI=1S/C24H16ClNO6/c1-13-6-18(31-24(28)14-2-4-26-5-3-14)10-19-21(13)22(27)20(32-19)9-15-7-17(25)8-16-11-29-12-30-23(15)16/h2-10H,11-12H2,1H3/b20-9-. The normalized spacial score (nSPS) is 15.6. The van der Waals surface area contributed by atoms with Crippen LogP contribution in [0.15, 0.2) is 54.6 Å². The van der Waals surface area contributed by atoms with Crippen LogP contribution in [-0.4, -0.2) is 23.5 Å². The minimum Gasteiger partial charge on any atom is -0.467 e. The highest BCUT2D eigenvalue weighted by molar-refractivity contribution is 6.31. The van der Waals surface area contributed by atoms with E-state index in [0.29, 0.717) is 45.4 Å². The average Bonchev–Trinajstić information content (AvgIpc) is 3.09. The van der Waals surface area contributed by atoms with Gasteiger partial charge in [0.1, 0.15) is 17.2 Å². The third kappa shape index (κ3) is 3.72. The van der Waals surface area contributed by atoms with Crippen molar-refractivity contribution >= 4 is 29.4 Å². The fourth-order valence-electron chi connectivity index (χ4n) is 3.65. The van der Waals surface area contributed by atoms with Gasteiger partial charge in [0.25, 0.3) is 0 Å². The summed E-state index contributed by atoms with van der Waals surface area (Å²) in [4.78, 5) is 29.3. The van der Waals surface area contributed by atoms with Crippen LogP contribution < -0.4 is 14.2 Å². The number of allylic oxidation sites excluding steroid dienone is 1. The SMILES string of the molecule is Cc1cc(OC(=O)c2ccncc2)cc2c1C(=O)/C(=C/c1cc(Cl)cc3c1OCOC3)O2. The highest BCUT2D eigenvalue weighted by Gasteiger charge is 2.31. The third-order valence-electron chi connectivity index (χ3n) is 5.06. The van der Waals surface area contributed by atoms with E-state index in [4.69, 9.17) is 30.5 Å². The molecule has 7 nitrogen and oxygen atoms in total. The van der Waals surface area contributed by atoms with Crippen LogP contribution in [0.5, 0.6) is 17.2 Å². The van der Waals surface area contributed by atoms with E-state index in [1.807, 2.05) is 0 Å². The lowest BCUT2D eigenvalue weighted by Gasteiger charge is -2.20. The number of hydrogen-bond donors (Lipinski definition) is 0. The molecule has 1 aromatic heterocycles. The second-order valence-corrected chi connectivity index (χ2v) is 7.71. The van der Waals surface area contributed by atoms with Gasteiger partial charge < -0.3 is 18.9 Å². The molecule has 0 fully saturated rings. The molecule has 3 heterocycles. The van der Waals surface area contributed by atoms with E-state index in [-0.39, 0.29) is 24.1 Å². The molecule has 0 aliphatic carbocycles. The summed E-state index contributed by atoms with van der Waals surface area (Å²) in [6, 6.07) is 9.73. The fraction of sp³-hybridized carbons (Fsp3) is 0.125. The van der Waals surface area contributed by atoms with Crippen LogP contribution >= 0.6 is 11.6 Å². The smallest absolute Gasteiger partial charge is 0.343 e. The molecule has 0 atom stereocenters. The topological polar surface area (TPSA) is 84.0 Å². The fourth-order valence-corrected chi connectivity index (χ4v) is 3.90. The number of carbonyl (C=O) groups is 2. The molecule has 0 amide bonds. The lowest BCUT2D eigenvalue weighted by atomic mass is 10.0. The van der Waals surface area contributed by atoms with Gasteiger partial charge in [-0.25, -0.2) is 4.79 Å². The van der Waals surface area contributed by atoms with Crippen molar-refractivity contribution < 1.29 is 28.5 Å². The maximum Gasteiger partial charge on any atom is 0.343 e. The summed E-state index contributed by atoms with van der Waals surface area (Å²) in [7, 11) is 0. The van der Waals surface area contributed by atoms with E-state index < -0.39 is 5.97 Å². The van der Waals surface area contributed by atoms with Gasteiger partial charge in [-0.05, 0) is 48.9 Å². The zero-order valence-corrected chi connectivity index (χ0v) is 17.6. The Balaban J connectivity index is 1.46. The van der Waals surface area contributed by atoms with Gasteiger partial charge in [-0.3, -0.25) is 9.78 Å². The van der Waals surface area contributed by atoms with Crippen molar-refractivity contribution in [1.82, 2.24) is 4.98 Å². The average molecular weight is 450 g/mol. The van der Waals surface area contributed by atoms with Gasteiger partial charge in [0, 0.05) is 34.6 Å². The van der Waals surface area contributed by atoms with Crippen LogP contribution in [0.3, 0.4) is 0 Å². The molecule has 2 aromatic carbocycles. The Hall–Kier alpha value is -3.68. The number of pyridine rings is 1. The molecule has 0 bridgehead atoms. The minimum absolute atomic E-state index is 0.116. The van der Waals surface area contributed by atoms with E-state index in [9.17, 15) is 9.59 Å². The summed E-state index contributed by atoms with van der Waals surface area (Å²) in [6.45, 7) is 2.24. The molecule has 8 heteroatoms. The van der Waals surface area contributed by atoms with Gasteiger partial charge in [0.15, 0.2) is 12.6 Å². The number of benzene rings is 2. The van der Waals surface area contributed by atoms with Gasteiger partial charge in [0.2, 0.25) is 5.78 Å². The van der Waals surface area contributed by atoms with Crippen molar-refractivity contribution in [3.8, 4) is 17.2 Å². The van der Waals surface area contributed by atoms with Gasteiger partial charge in [0.05, 0.1) is 17.7 Å². The second-order valence-electron chi connectivity index (χ2n) is 7.27. The van der Waals surface area contributed by atoms with Crippen LogP contribution in [0.25, 0.3) is 6.08 Å². The maximum atomic E-state index is 13.0. The Bertz CT molecular complexity index is 1290. The van der Waals surface area contributed by atoms with Crippen LogP contribution in [0, 0.1) is 6.92 Å². The molecule has 2 aliphatic heterocycles. The molecule has 2 aliphatic rings. The van der Waals surface area contributed by atoms with Gasteiger partial charge in [-0.15, -0.1) is 0 Å². The number of halogens is 1. The lowest BCUT2D eigenvalue weighted by molar-refractivity contribution is -0.0165. The predicted molar refractivity (Wildman–Crippen MR) is 115 cm³/mol. The second kappa shape index (κ2) is 8.11. The lowest BCUT2D eigenvalue weighted by Crippen LogP contribution is -2.12. The van der Waals surface area contributed by atoms with Crippen molar-refractivity contribution in [2.45, 2.75) is 13.5 Å². The molecular weight excluding hydrogens is 434 g/mol. The largest absolute Gasteiger partial charge is 0.467 e. The van der Waals surface area contributed by atoms with Gasteiger partial charge in [-0.2, -0.15) is 0 Å². The number of esters is 1. The molecule has 0 unspecified atom stereocenters. The van der Waals surface area contributed by atoms with E-state index >= 15 is 0 Å². The number of nitrogens with zero attached hydrogens (tertiary/aromatic N) is 1. The first kappa shape index (κ1) is 20.2. The van der Waals surface area contributed by atoms with Crippen molar-refractivity contribution in [1.29, 1.82) is 0 Å². The Labute approximate surface area is 188 Å². The van der Waals surface area contributed by atoms with Crippen LogP contribution in [0.4, 0.5) is 0 Å². The van der Waals surface area contributed by atoms with Gasteiger partial charge in [-0.1, -0.05) is 11.6 Å². The van der Waals surface area contributed by atoms with Crippen LogP contribution in [-0.2, 0) is 11.3 Å². The number of fused-ring (bicyclic) bond motifs is 2. The molecule has 0 saturated heterocycles. The van der Waals surface area contributed by atoms with E-state index in [2.05, 4.69) is 4.98 Å². The number of ketones is 1. The molecule has 160 valence electrons. The molecule has 0 spiro atoms. The summed E-state index contributed by atoms with van der Waals surface area (Å²) in [5, 5.41) is 0.495. The zero-order valence-electron chi connectivity index (χ0n) is 16.9. The number of rotatable bonds is 3. The van der Waals surface area contributed by atoms with Crippen LogP contribution in [0.2, 0.25) is 5.02 Å². The molecule has 3 aromatic rings. The third-order valence-corrected chi connectivity index (χ3v) is 5.28. The van der Waals surface area contributed by atoms with Crippen molar-refractivity contribution in [3.63, 3.8) is 0 Å². The quantitative estimate of drug-likeness (QED) is 0.324. The number of hydrogen-bond acceptors (Lipinski definition) is 7. The van der Waals surface area contributed by atoms with Crippen LogP contribution in [0.1, 0.15) is 37.4 Å². The Morgan fingerprint density at radius 1 is 1.19 bits per heavy atom. The summed E-state index contributed by atoms with van der Waals surface area (Å²) < 4.78 is 22.2. The Morgan fingerprint density at radius 2 is 2.00 bits per heavy atom. The highest BCUT2D eigenvalue weighted by atomic mass is 35.5. The summed E-state index contributed by atoms with van der Waals surface area (Å²) in [5.74, 6) is 0.517. The first-order chi connectivity index (χ1) is 15.5. The first-order valence-electron chi connectivity index (χ1n) is 9.73. The number of ether oxygens (including phenoxy) is 4. The minimum atomic E-state index is -0.531. The summed E-state index contributed by atoms with van der Waals surface area (Å²) in [5.41, 5.74) is 2.82. The number of aryl methyl sites for hydroxylation is 1. The zero-order chi connectivity index (χ0) is 22.2. The van der Waals surface area contributed by atoms with Gasteiger partial charge >= 0.3 is 5.97 Å². The first-order valence-corrected chi connectivity index (χ1v) is 10.1. The monoisotopic (exact) mass is 449 g/mol.